The largest absolute Gasteiger partial charge is 0.301 e. The first-order valence-corrected chi connectivity index (χ1v) is 15.2. The lowest BCUT2D eigenvalue weighted by molar-refractivity contribution is 0.684. The quantitative estimate of drug-likeness (QED) is 0.163. The van der Waals surface area contributed by atoms with Crippen LogP contribution in [-0.4, -0.2) is 19.7 Å². The Kier molecular flexibility index (Phi) is 7.79. The van der Waals surface area contributed by atoms with E-state index in [1.54, 1.807) is 34.9 Å². The molecular formula is C30H23ClN4S3. The van der Waals surface area contributed by atoms with E-state index in [2.05, 4.69) is 88.5 Å². The van der Waals surface area contributed by atoms with Gasteiger partial charge in [0.2, 0.25) is 0 Å². The monoisotopic (exact) mass is 570 g/mol. The van der Waals surface area contributed by atoms with Crippen LogP contribution in [0, 0.1) is 0 Å². The number of rotatable bonds is 9. The van der Waals surface area contributed by atoms with Crippen molar-refractivity contribution in [2.45, 2.75) is 27.0 Å². The minimum absolute atomic E-state index is 0.0527. The van der Waals surface area contributed by atoms with Gasteiger partial charge in [0.25, 0.3) is 0 Å². The third-order valence-corrected chi connectivity index (χ3v) is 9.79. The van der Waals surface area contributed by atoms with Crippen molar-refractivity contribution in [1.29, 1.82) is 0 Å². The zero-order valence-electron chi connectivity index (χ0n) is 20.3. The first kappa shape index (κ1) is 25.2. The molecule has 0 amide bonds. The standard InChI is InChI=1S/C30H23ClN4S3/c31-24-17-15-23(16-18-24)28(22-11-5-2-6-12-22)38-29-34-33-27(35(29)19-21-9-3-1-4-10-21)20-36-30-32-25-13-7-8-14-26(25)37-30/h1-18,28H,19-20H2/t28-/m0/s1. The summed E-state index contributed by atoms with van der Waals surface area (Å²) < 4.78 is 4.48. The van der Waals surface area contributed by atoms with Gasteiger partial charge >= 0.3 is 0 Å². The summed E-state index contributed by atoms with van der Waals surface area (Å²) in [6.45, 7) is 0.702. The molecular weight excluding hydrogens is 548 g/mol. The van der Waals surface area contributed by atoms with Crippen LogP contribution in [0.2, 0.25) is 5.02 Å². The Hall–Kier alpha value is -3.10. The number of thiazole rings is 1. The van der Waals surface area contributed by atoms with Gasteiger partial charge in [-0.1, -0.05) is 120 Å². The Labute approximate surface area is 239 Å². The second-order valence-corrected chi connectivity index (χ2v) is 12.4. The van der Waals surface area contributed by atoms with Crippen molar-refractivity contribution < 1.29 is 0 Å². The fourth-order valence-corrected chi connectivity index (χ4v) is 7.49. The highest BCUT2D eigenvalue weighted by atomic mass is 35.5. The van der Waals surface area contributed by atoms with Crippen molar-refractivity contribution in [3.63, 3.8) is 0 Å². The number of halogens is 1. The molecule has 0 bridgehead atoms. The SMILES string of the molecule is Clc1ccc([C@@H](Sc2nnc(CSc3nc4ccccc4s3)n2Cc2ccccc2)c2ccccc2)cc1. The van der Waals surface area contributed by atoms with Gasteiger partial charge in [0.15, 0.2) is 9.50 Å². The summed E-state index contributed by atoms with van der Waals surface area (Å²) in [6.07, 6.45) is 0. The highest BCUT2D eigenvalue weighted by Gasteiger charge is 2.22. The van der Waals surface area contributed by atoms with E-state index in [1.807, 2.05) is 30.3 Å². The van der Waals surface area contributed by atoms with Gasteiger partial charge in [-0.15, -0.1) is 21.5 Å². The van der Waals surface area contributed by atoms with Crippen LogP contribution in [0.1, 0.15) is 27.8 Å². The molecule has 4 aromatic carbocycles. The molecule has 6 rings (SSSR count). The van der Waals surface area contributed by atoms with Crippen LogP contribution in [0.3, 0.4) is 0 Å². The molecule has 8 heteroatoms. The summed E-state index contributed by atoms with van der Waals surface area (Å²) in [5.41, 5.74) is 4.63. The average Bonchev–Trinajstić information content (AvgIpc) is 3.55. The Morgan fingerprint density at radius 1 is 0.763 bits per heavy atom. The first-order valence-electron chi connectivity index (χ1n) is 12.1. The van der Waals surface area contributed by atoms with Crippen LogP contribution in [0.5, 0.6) is 0 Å². The van der Waals surface area contributed by atoms with Gasteiger partial charge in [-0.25, -0.2) is 4.98 Å². The predicted octanol–water partition coefficient (Wildman–Crippen LogP) is 8.76. The van der Waals surface area contributed by atoms with Crippen molar-refractivity contribution in [1.82, 2.24) is 19.7 Å². The molecule has 0 aliphatic heterocycles. The predicted molar refractivity (Wildman–Crippen MR) is 160 cm³/mol. The number of nitrogens with zero attached hydrogens (tertiary/aromatic N) is 4. The second-order valence-electron chi connectivity index (χ2n) is 8.67. The average molecular weight is 571 g/mol. The first-order chi connectivity index (χ1) is 18.7. The highest BCUT2D eigenvalue weighted by molar-refractivity contribution is 8.00. The Bertz CT molecular complexity index is 1600. The van der Waals surface area contributed by atoms with Gasteiger partial charge in [-0.05, 0) is 41.0 Å². The zero-order chi connectivity index (χ0) is 25.7. The second kappa shape index (κ2) is 11.7. The smallest absolute Gasteiger partial charge is 0.192 e. The fraction of sp³-hybridized carbons (Fsp3) is 0.100. The normalized spacial score (nSPS) is 12.1. The number of aromatic nitrogens is 4. The van der Waals surface area contributed by atoms with E-state index in [0.717, 1.165) is 25.9 Å². The Morgan fingerprint density at radius 3 is 2.21 bits per heavy atom. The van der Waals surface area contributed by atoms with Gasteiger partial charge in [0.1, 0.15) is 5.82 Å². The molecule has 1 atom stereocenters. The van der Waals surface area contributed by atoms with E-state index in [9.17, 15) is 0 Å². The van der Waals surface area contributed by atoms with E-state index >= 15 is 0 Å². The maximum Gasteiger partial charge on any atom is 0.192 e. The third-order valence-electron chi connectivity index (χ3n) is 6.07. The fourth-order valence-electron chi connectivity index (χ4n) is 4.18. The Morgan fingerprint density at radius 2 is 1.45 bits per heavy atom. The van der Waals surface area contributed by atoms with E-state index in [4.69, 9.17) is 21.7 Å². The molecule has 0 saturated carbocycles. The van der Waals surface area contributed by atoms with Gasteiger partial charge in [-0.3, -0.25) is 0 Å². The highest BCUT2D eigenvalue weighted by Crippen LogP contribution is 2.41. The van der Waals surface area contributed by atoms with Crippen LogP contribution >= 0.6 is 46.5 Å². The molecule has 0 aliphatic rings. The van der Waals surface area contributed by atoms with Crippen molar-refractivity contribution in [2.75, 3.05) is 0 Å². The summed E-state index contributed by atoms with van der Waals surface area (Å²) in [5, 5.41) is 11.0. The van der Waals surface area contributed by atoms with Gasteiger partial charge < -0.3 is 4.57 Å². The van der Waals surface area contributed by atoms with Crippen molar-refractivity contribution in [3.05, 3.63) is 137 Å². The molecule has 0 spiro atoms. The molecule has 188 valence electrons. The molecule has 38 heavy (non-hydrogen) atoms. The molecule has 2 aromatic heterocycles. The van der Waals surface area contributed by atoms with Crippen LogP contribution in [-0.2, 0) is 12.3 Å². The maximum atomic E-state index is 6.21. The van der Waals surface area contributed by atoms with Crippen LogP contribution in [0.15, 0.2) is 119 Å². The number of hydrogen-bond acceptors (Lipinski definition) is 6. The zero-order valence-corrected chi connectivity index (χ0v) is 23.5. The molecule has 0 fully saturated rings. The van der Waals surface area contributed by atoms with Crippen LogP contribution < -0.4 is 0 Å². The third kappa shape index (κ3) is 5.81. The van der Waals surface area contributed by atoms with E-state index in [-0.39, 0.29) is 5.25 Å². The lowest BCUT2D eigenvalue weighted by Crippen LogP contribution is -2.07. The molecule has 0 saturated heterocycles. The Balaban J connectivity index is 1.33. The maximum absolute atomic E-state index is 6.21. The van der Waals surface area contributed by atoms with E-state index in [0.29, 0.717) is 12.3 Å². The van der Waals surface area contributed by atoms with Gasteiger partial charge in [0.05, 0.1) is 27.8 Å². The summed E-state index contributed by atoms with van der Waals surface area (Å²) in [7, 11) is 0. The van der Waals surface area contributed by atoms with Gasteiger partial charge in [0, 0.05) is 5.02 Å². The number of hydrogen-bond donors (Lipinski definition) is 0. The van der Waals surface area contributed by atoms with E-state index < -0.39 is 0 Å². The minimum atomic E-state index is 0.0527. The van der Waals surface area contributed by atoms with E-state index in [1.165, 1.54) is 21.4 Å². The van der Waals surface area contributed by atoms with Crippen molar-refractivity contribution >= 4 is 56.7 Å². The molecule has 0 radical (unpaired) electrons. The topological polar surface area (TPSA) is 43.6 Å². The number of thioether (sulfide) groups is 2. The number of fused-ring (bicyclic) bond motifs is 1. The molecule has 0 aliphatic carbocycles. The summed E-state index contributed by atoms with van der Waals surface area (Å²) in [6, 6.07) is 37.3. The molecule has 2 heterocycles. The lowest BCUT2D eigenvalue weighted by atomic mass is 10.0. The molecule has 0 unspecified atom stereocenters. The van der Waals surface area contributed by atoms with Crippen LogP contribution in [0.25, 0.3) is 10.2 Å². The lowest BCUT2D eigenvalue weighted by Gasteiger charge is -2.18. The van der Waals surface area contributed by atoms with Crippen molar-refractivity contribution in [3.8, 4) is 0 Å². The number of para-hydroxylation sites is 1. The molecule has 6 aromatic rings. The summed E-state index contributed by atoms with van der Waals surface area (Å²) >= 11 is 11.4. The summed E-state index contributed by atoms with van der Waals surface area (Å²) in [5.74, 6) is 1.63. The minimum Gasteiger partial charge on any atom is -0.301 e. The molecule has 4 nitrogen and oxygen atoms in total. The molecule has 0 N–H and O–H groups in total. The van der Waals surface area contributed by atoms with Crippen LogP contribution in [0.4, 0.5) is 0 Å². The van der Waals surface area contributed by atoms with Crippen molar-refractivity contribution in [2.24, 2.45) is 0 Å². The summed E-state index contributed by atoms with van der Waals surface area (Å²) in [4.78, 5) is 4.79. The number of benzene rings is 4. The van der Waals surface area contributed by atoms with Gasteiger partial charge in [-0.2, -0.15) is 0 Å².